The molecule has 2 rings (SSSR count). The van der Waals surface area contributed by atoms with E-state index >= 15 is 0 Å². The maximum atomic E-state index is 11.3. The number of anilines is 2. The van der Waals surface area contributed by atoms with Crippen LogP contribution in [0.4, 0.5) is 17.1 Å². The summed E-state index contributed by atoms with van der Waals surface area (Å²) in [5, 5.41) is 13.9. The van der Waals surface area contributed by atoms with Gasteiger partial charge in [-0.05, 0) is 18.6 Å². The lowest BCUT2D eigenvalue weighted by atomic mass is 10.1. The van der Waals surface area contributed by atoms with Crippen LogP contribution in [0.25, 0.3) is 0 Å². The lowest BCUT2D eigenvalue weighted by molar-refractivity contribution is -0.384. The van der Waals surface area contributed by atoms with Gasteiger partial charge in [0.15, 0.2) is 0 Å². The first-order valence-electron chi connectivity index (χ1n) is 6.13. The average molecular weight is 264 g/mol. The van der Waals surface area contributed by atoms with Crippen LogP contribution < -0.4 is 16.0 Å². The third-order valence-electron chi connectivity index (χ3n) is 3.14. The van der Waals surface area contributed by atoms with E-state index in [9.17, 15) is 14.9 Å². The molecule has 1 aromatic rings. The van der Waals surface area contributed by atoms with Gasteiger partial charge in [0.05, 0.1) is 11.3 Å². The van der Waals surface area contributed by atoms with Gasteiger partial charge in [-0.15, -0.1) is 0 Å². The van der Waals surface area contributed by atoms with Gasteiger partial charge in [0.1, 0.15) is 5.69 Å². The Morgan fingerprint density at radius 3 is 2.84 bits per heavy atom. The molecule has 0 radical (unpaired) electrons. The predicted molar refractivity (Wildman–Crippen MR) is 72.4 cm³/mol. The summed E-state index contributed by atoms with van der Waals surface area (Å²) >= 11 is 0. The number of hydrogen-bond donors (Lipinski definition) is 2. The summed E-state index contributed by atoms with van der Waals surface area (Å²) in [5.41, 5.74) is 7.36. The molecular weight excluding hydrogens is 248 g/mol. The number of hydrogen-bond acceptors (Lipinski definition) is 5. The number of fused-ring (bicyclic) bond motifs is 1. The van der Waals surface area contributed by atoms with E-state index in [1.807, 2.05) is 11.8 Å². The fourth-order valence-corrected chi connectivity index (χ4v) is 2.25. The molecule has 1 aliphatic rings. The highest BCUT2D eigenvalue weighted by molar-refractivity contribution is 6.00. The monoisotopic (exact) mass is 264 g/mol. The molecular formula is C12H16N4O3. The van der Waals surface area contributed by atoms with Crippen molar-refractivity contribution in [1.29, 1.82) is 0 Å². The Bertz CT molecular complexity index is 530. The third-order valence-corrected chi connectivity index (χ3v) is 3.14. The number of amides is 1. The highest BCUT2D eigenvalue weighted by Crippen LogP contribution is 2.36. The fourth-order valence-electron chi connectivity index (χ4n) is 2.25. The number of carbonyl (C=O) groups is 1. The number of nitro benzene ring substituents is 1. The Hall–Kier alpha value is -2.15. The van der Waals surface area contributed by atoms with Crippen molar-refractivity contribution in [3.8, 4) is 0 Å². The quantitative estimate of drug-likeness (QED) is 0.607. The zero-order valence-corrected chi connectivity index (χ0v) is 10.7. The Morgan fingerprint density at radius 2 is 2.26 bits per heavy atom. The molecule has 0 bridgehead atoms. The fraction of sp³-hybridized carbons (Fsp3) is 0.417. The van der Waals surface area contributed by atoms with Gasteiger partial charge in [-0.3, -0.25) is 14.9 Å². The third kappa shape index (κ3) is 2.50. The van der Waals surface area contributed by atoms with Crippen molar-refractivity contribution in [3.63, 3.8) is 0 Å². The van der Waals surface area contributed by atoms with Crippen LogP contribution in [0.3, 0.4) is 0 Å². The molecule has 1 amide bonds. The Morgan fingerprint density at radius 1 is 1.53 bits per heavy atom. The summed E-state index contributed by atoms with van der Waals surface area (Å²) in [4.78, 5) is 23.9. The van der Waals surface area contributed by atoms with Gasteiger partial charge in [-0.1, -0.05) is 0 Å². The van der Waals surface area contributed by atoms with Gasteiger partial charge in [0.2, 0.25) is 5.91 Å². The van der Waals surface area contributed by atoms with E-state index < -0.39 is 4.92 Å². The van der Waals surface area contributed by atoms with Gasteiger partial charge >= 0.3 is 0 Å². The van der Waals surface area contributed by atoms with Crippen molar-refractivity contribution >= 4 is 23.0 Å². The molecule has 0 unspecified atom stereocenters. The van der Waals surface area contributed by atoms with Crippen LogP contribution in [0.5, 0.6) is 0 Å². The van der Waals surface area contributed by atoms with Gasteiger partial charge in [0, 0.05) is 31.4 Å². The van der Waals surface area contributed by atoms with Crippen molar-refractivity contribution in [1.82, 2.24) is 0 Å². The van der Waals surface area contributed by atoms with Gasteiger partial charge < -0.3 is 16.0 Å². The van der Waals surface area contributed by atoms with Crippen molar-refractivity contribution in [2.75, 3.05) is 29.9 Å². The van der Waals surface area contributed by atoms with Crippen molar-refractivity contribution in [2.24, 2.45) is 5.73 Å². The Kier molecular flexibility index (Phi) is 3.66. The number of nitrogens with two attached hydrogens (primary N) is 1. The first kappa shape index (κ1) is 13.3. The van der Waals surface area contributed by atoms with E-state index in [0.29, 0.717) is 36.6 Å². The standard InChI is InChI=1S/C12H16N4O3/c1-2-15(4-3-13)10-7-9-8(6-12(17)14-9)5-11(10)16(18)19/h5,7H,2-4,6,13H2,1H3,(H,14,17). The number of benzene rings is 1. The second kappa shape index (κ2) is 5.23. The second-order valence-corrected chi connectivity index (χ2v) is 4.35. The largest absolute Gasteiger partial charge is 0.365 e. The molecule has 1 heterocycles. The molecule has 1 aliphatic heterocycles. The zero-order valence-electron chi connectivity index (χ0n) is 10.7. The maximum Gasteiger partial charge on any atom is 0.292 e. The lowest BCUT2D eigenvalue weighted by Crippen LogP contribution is -2.29. The number of nitrogens with one attached hydrogen (secondary N) is 1. The van der Waals surface area contributed by atoms with E-state index in [0.717, 1.165) is 0 Å². The minimum atomic E-state index is -0.419. The van der Waals surface area contributed by atoms with Crippen LogP contribution in [-0.4, -0.2) is 30.5 Å². The topological polar surface area (TPSA) is 102 Å². The van der Waals surface area contributed by atoms with Crippen molar-refractivity contribution in [2.45, 2.75) is 13.3 Å². The molecule has 7 heteroatoms. The van der Waals surface area contributed by atoms with Crippen LogP contribution in [0.1, 0.15) is 12.5 Å². The molecule has 0 fully saturated rings. The normalized spacial score (nSPS) is 13.1. The molecule has 7 nitrogen and oxygen atoms in total. The Balaban J connectivity index is 2.49. The van der Waals surface area contributed by atoms with Crippen molar-refractivity contribution < 1.29 is 9.72 Å². The predicted octanol–water partition coefficient (Wildman–Crippen LogP) is 0.874. The number of nitrogens with zero attached hydrogens (tertiary/aromatic N) is 2. The molecule has 3 N–H and O–H groups in total. The van der Waals surface area contributed by atoms with Gasteiger partial charge in [-0.25, -0.2) is 0 Å². The molecule has 0 saturated heterocycles. The number of rotatable bonds is 5. The second-order valence-electron chi connectivity index (χ2n) is 4.35. The first-order chi connectivity index (χ1) is 9.06. The van der Waals surface area contributed by atoms with E-state index in [1.54, 1.807) is 6.07 Å². The number of carbonyl (C=O) groups excluding carboxylic acids is 1. The minimum absolute atomic E-state index is 0.0190. The summed E-state index contributed by atoms with van der Waals surface area (Å²) in [6.45, 7) is 3.47. The maximum absolute atomic E-state index is 11.3. The number of nitro groups is 1. The van der Waals surface area contributed by atoms with Gasteiger partial charge in [-0.2, -0.15) is 0 Å². The van der Waals surface area contributed by atoms with E-state index in [2.05, 4.69) is 5.32 Å². The summed E-state index contributed by atoms with van der Waals surface area (Å²) < 4.78 is 0. The number of likely N-dealkylation sites (N-methyl/N-ethyl adjacent to an activating group) is 1. The van der Waals surface area contributed by atoms with Crippen LogP contribution in [-0.2, 0) is 11.2 Å². The minimum Gasteiger partial charge on any atom is -0.365 e. The van der Waals surface area contributed by atoms with E-state index in [-0.39, 0.29) is 18.0 Å². The highest BCUT2D eigenvalue weighted by Gasteiger charge is 2.26. The zero-order chi connectivity index (χ0) is 14.0. The van der Waals surface area contributed by atoms with E-state index in [1.165, 1.54) is 6.07 Å². The highest BCUT2D eigenvalue weighted by atomic mass is 16.6. The molecule has 19 heavy (non-hydrogen) atoms. The SMILES string of the molecule is CCN(CCN)c1cc2c(cc1[N+](=O)[O-])CC(=O)N2. The van der Waals surface area contributed by atoms with Crippen molar-refractivity contribution in [3.05, 3.63) is 27.8 Å². The smallest absolute Gasteiger partial charge is 0.292 e. The molecule has 0 aliphatic carbocycles. The summed E-state index contributed by atoms with van der Waals surface area (Å²) in [6.07, 6.45) is 0.194. The van der Waals surface area contributed by atoms with E-state index in [4.69, 9.17) is 5.73 Å². The summed E-state index contributed by atoms with van der Waals surface area (Å²) in [6, 6.07) is 3.14. The molecule has 0 saturated carbocycles. The van der Waals surface area contributed by atoms with Crippen LogP contribution in [0.2, 0.25) is 0 Å². The summed E-state index contributed by atoms with van der Waals surface area (Å²) in [5.74, 6) is -0.136. The molecule has 0 aromatic heterocycles. The van der Waals surface area contributed by atoms with Crippen LogP contribution in [0, 0.1) is 10.1 Å². The average Bonchev–Trinajstić information content (AvgIpc) is 2.73. The van der Waals surface area contributed by atoms with Crippen LogP contribution >= 0.6 is 0 Å². The Labute approximate surface area is 110 Å². The molecule has 1 aromatic carbocycles. The molecule has 0 atom stereocenters. The molecule has 0 spiro atoms. The van der Waals surface area contributed by atoms with Gasteiger partial charge in [0.25, 0.3) is 5.69 Å². The van der Waals surface area contributed by atoms with Crippen LogP contribution in [0.15, 0.2) is 12.1 Å². The summed E-state index contributed by atoms with van der Waals surface area (Å²) in [7, 11) is 0. The first-order valence-corrected chi connectivity index (χ1v) is 6.13. The lowest BCUT2D eigenvalue weighted by Gasteiger charge is -2.22. The molecule has 102 valence electrons.